The maximum Gasteiger partial charge on any atom is 0.125 e. The average Bonchev–Trinajstić information content (AvgIpc) is 3.00. The highest BCUT2D eigenvalue weighted by atomic mass is 32.1. The van der Waals surface area contributed by atoms with Gasteiger partial charge in [0, 0.05) is 18.1 Å². The van der Waals surface area contributed by atoms with Crippen LogP contribution < -0.4 is 0 Å². The van der Waals surface area contributed by atoms with Crippen LogP contribution in [0.5, 0.6) is 0 Å². The number of aromatic nitrogens is 1. The molecule has 0 N–H and O–H groups in total. The number of methoxy groups -OCH3 is 1. The minimum Gasteiger partial charge on any atom is -0.371 e. The highest BCUT2D eigenvalue weighted by molar-refractivity contribution is 7.10. The smallest absolute Gasteiger partial charge is 0.125 e. The molecule has 2 rings (SSSR count). The first-order chi connectivity index (χ1) is 9.69. The van der Waals surface area contributed by atoms with Gasteiger partial charge in [-0.1, -0.05) is 26.0 Å². The first-order valence-electron chi connectivity index (χ1n) is 6.70. The minimum atomic E-state index is -0.282. The van der Waals surface area contributed by atoms with Gasteiger partial charge >= 0.3 is 0 Å². The molecule has 3 nitrogen and oxygen atoms in total. The molecular weight excluding hydrogens is 268 g/mol. The summed E-state index contributed by atoms with van der Waals surface area (Å²) < 4.78 is 5.71. The van der Waals surface area contributed by atoms with Crippen LogP contribution in [-0.2, 0) is 10.3 Å². The largest absolute Gasteiger partial charge is 0.371 e. The molecule has 104 valence electrons. The van der Waals surface area contributed by atoms with Gasteiger partial charge in [-0.2, -0.15) is 5.26 Å². The third-order valence-electron chi connectivity index (χ3n) is 3.74. The van der Waals surface area contributed by atoms with Crippen molar-refractivity contribution in [3.63, 3.8) is 0 Å². The van der Waals surface area contributed by atoms with E-state index in [0.29, 0.717) is 5.56 Å². The lowest BCUT2D eigenvalue weighted by Crippen LogP contribution is -2.26. The Balaban J connectivity index is 2.35. The quantitative estimate of drug-likeness (QED) is 0.821. The molecule has 0 bridgehead atoms. The van der Waals surface area contributed by atoms with Crippen LogP contribution in [0.1, 0.15) is 37.3 Å². The maximum absolute atomic E-state index is 8.83. The van der Waals surface area contributed by atoms with Gasteiger partial charge in [0.05, 0.1) is 17.3 Å². The number of thiazole rings is 1. The van der Waals surface area contributed by atoms with E-state index in [9.17, 15) is 0 Å². The van der Waals surface area contributed by atoms with Gasteiger partial charge in [-0.3, -0.25) is 0 Å². The second kappa shape index (κ2) is 6.17. The Bertz CT molecular complexity index is 598. The molecule has 1 aromatic heterocycles. The van der Waals surface area contributed by atoms with Crippen LogP contribution in [0.3, 0.4) is 0 Å². The third-order valence-corrected chi connectivity index (χ3v) is 4.76. The molecule has 0 fully saturated rings. The Morgan fingerprint density at radius 1 is 1.25 bits per heavy atom. The van der Waals surface area contributed by atoms with E-state index >= 15 is 0 Å². The number of rotatable bonds is 5. The predicted molar refractivity (Wildman–Crippen MR) is 81.5 cm³/mol. The van der Waals surface area contributed by atoms with E-state index in [1.54, 1.807) is 18.4 Å². The highest BCUT2D eigenvalue weighted by Crippen LogP contribution is 2.36. The Morgan fingerprint density at radius 3 is 2.40 bits per heavy atom. The summed E-state index contributed by atoms with van der Waals surface area (Å²) in [6.45, 7) is 4.24. The summed E-state index contributed by atoms with van der Waals surface area (Å²) in [6.07, 6.45) is 1.81. The van der Waals surface area contributed by atoms with Gasteiger partial charge in [-0.25, -0.2) is 4.98 Å². The molecule has 0 aliphatic carbocycles. The lowest BCUT2D eigenvalue weighted by Gasteiger charge is -2.27. The van der Waals surface area contributed by atoms with Crippen LogP contribution in [0.2, 0.25) is 0 Å². The molecule has 20 heavy (non-hydrogen) atoms. The molecule has 4 heteroatoms. The normalized spacial score (nSPS) is 11.3. The molecule has 0 unspecified atom stereocenters. The monoisotopic (exact) mass is 286 g/mol. The molecule has 1 heterocycles. The molecule has 0 aliphatic heterocycles. The molecule has 0 spiro atoms. The standard InChI is InChI=1S/C16H18N2OS/c1-4-16(5-2,19-3)15-18-14(11-20-15)13-8-6-12(10-17)7-9-13/h6-9,11H,4-5H2,1-3H3. The molecule has 1 aromatic carbocycles. The predicted octanol–water partition coefficient (Wildman–Crippen LogP) is 4.34. The molecule has 0 saturated carbocycles. The molecule has 0 saturated heterocycles. The van der Waals surface area contributed by atoms with Crippen molar-refractivity contribution in [2.24, 2.45) is 0 Å². The molecule has 0 radical (unpaired) electrons. The summed E-state index contributed by atoms with van der Waals surface area (Å²) in [6, 6.07) is 9.63. The van der Waals surface area contributed by atoms with Gasteiger partial charge < -0.3 is 4.74 Å². The van der Waals surface area contributed by atoms with E-state index in [1.807, 2.05) is 24.3 Å². The zero-order valence-corrected chi connectivity index (χ0v) is 12.8. The van der Waals surface area contributed by atoms with Crippen molar-refractivity contribution in [1.29, 1.82) is 5.26 Å². The number of hydrogen-bond acceptors (Lipinski definition) is 4. The second-order valence-corrected chi connectivity index (χ2v) is 5.49. The lowest BCUT2D eigenvalue weighted by atomic mass is 9.98. The lowest BCUT2D eigenvalue weighted by molar-refractivity contribution is -0.0218. The summed E-state index contributed by atoms with van der Waals surface area (Å²) >= 11 is 1.63. The molecular formula is C16H18N2OS. The molecule has 2 aromatic rings. The van der Waals surface area contributed by atoms with Crippen LogP contribution in [0.15, 0.2) is 29.6 Å². The SMILES string of the molecule is CCC(CC)(OC)c1nc(-c2ccc(C#N)cc2)cs1. The van der Waals surface area contributed by atoms with Gasteiger partial charge in [-0.15, -0.1) is 11.3 Å². The fraction of sp³-hybridized carbons (Fsp3) is 0.375. The van der Waals surface area contributed by atoms with E-state index in [2.05, 4.69) is 25.3 Å². The fourth-order valence-electron chi connectivity index (χ4n) is 2.26. The summed E-state index contributed by atoms with van der Waals surface area (Å²) in [5, 5.41) is 11.9. The Labute approximate surface area is 123 Å². The van der Waals surface area contributed by atoms with Crippen LogP contribution in [0.4, 0.5) is 0 Å². The van der Waals surface area contributed by atoms with Crippen LogP contribution >= 0.6 is 11.3 Å². The van der Waals surface area contributed by atoms with Crippen molar-refractivity contribution in [3.05, 3.63) is 40.2 Å². The maximum atomic E-state index is 8.83. The Kier molecular flexibility index (Phi) is 4.53. The molecule has 0 aliphatic rings. The van der Waals surface area contributed by atoms with Gasteiger partial charge in [0.1, 0.15) is 10.6 Å². The molecule has 0 atom stereocenters. The van der Waals surface area contributed by atoms with E-state index < -0.39 is 0 Å². The van der Waals surface area contributed by atoms with Crippen molar-refractivity contribution in [2.45, 2.75) is 32.3 Å². The van der Waals surface area contributed by atoms with Crippen molar-refractivity contribution >= 4 is 11.3 Å². The van der Waals surface area contributed by atoms with E-state index in [1.165, 1.54) is 0 Å². The average molecular weight is 286 g/mol. The first-order valence-corrected chi connectivity index (χ1v) is 7.58. The van der Waals surface area contributed by atoms with Crippen LogP contribution in [0.25, 0.3) is 11.3 Å². The minimum absolute atomic E-state index is 0.282. The Hall–Kier alpha value is -1.70. The van der Waals surface area contributed by atoms with Gasteiger partial charge in [0.25, 0.3) is 0 Å². The Morgan fingerprint density at radius 2 is 1.90 bits per heavy atom. The topological polar surface area (TPSA) is 45.9 Å². The number of benzene rings is 1. The van der Waals surface area contributed by atoms with Gasteiger partial charge in [0.2, 0.25) is 0 Å². The van der Waals surface area contributed by atoms with Gasteiger partial charge in [0.15, 0.2) is 0 Å². The first kappa shape index (κ1) is 14.7. The number of nitrogens with zero attached hydrogens (tertiary/aromatic N) is 2. The third kappa shape index (κ3) is 2.60. The zero-order chi connectivity index (χ0) is 14.6. The van der Waals surface area contributed by atoms with Crippen LogP contribution in [0, 0.1) is 11.3 Å². The van der Waals surface area contributed by atoms with Crippen molar-refractivity contribution < 1.29 is 4.74 Å². The summed E-state index contributed by atoms with van der Waals surface area (Å²) in [7, 11) is 1.75. The van der Waals surface area contributed by atoms with E-state index in [4.69, 9.17) is 15.0 Å². The van der Waals surface area contributed by atoms with E-state index in [-0.39, 0.29) is 5.60 Å². The fourth-order valence-corrected chi connectivity index (χ4v) is 3.41. The molecule has 0 amide bonds. The highest BCUT2D eigenvalue weighted by Gasteiger charge is 2.31. The summed E-state index contributed by atoms with van der Waals surface area (Å²) in [4.78, 5) is 4.73. The van der Waals surface area contributed by atoms with Crippen molar-refractivity contribution in [3.8, 4) is 17.3 Å². The van der Waals surface area contributed by atoms with Crippen LogP contribution in [-0.4, -0.2) is 12.1 Å². The summed E-state index contributed by atoms with van der Waals surface area (Å²) in [5.41, 5.74) is 2.36. The number of nitriles is 1. The second-order valence-electron chi connectivity index (χ2n) is 4.63. The number of hydrogen-bond donors (Lipinski definition) is 0. The number of ether oxygens (including phenoxy) is 1. The summed E-state index contributed by atoms with van der Waals surface area (Å²) in [5.74, 6) is 0. The van der Waals surface area contributed by atoms with Crippen molar-refractivity contribution in [1.82, 2.24) is 4.98 Å². The van der Waals surface area contributed by atoms with Crippen molar-refractivity contribution in [2.75, 3.05) is 7.11 Å². The van der Waals surface area contributed by atoms with Gasteiger partial charge in [-0.05, 0) is 25.0 Å². The van der Waals surface area contributed by atoms with E-state index in [0.717, 1.165) is 29.1 Å². The zero-order valence-electron chi connectivity index (χ0n) is 12.0.